The van der Waals surface area contributed by atoms with E-state index in [2.05, 4.69) is 56.3 Å². The lowest BCUT2D eigenvalue weighted by molar-refractivity contribution is 0.646. The Hall–Kier alpha value is -0.960. The third-order valence-electron chi connectivity index (χ3n) is 3.52. The van der Waals surface area contributed by atoms with Crippen LogP contribution in [-0.2, 0) is 12.2 Å². The van der Waals surface area contributed by atoms with Crippen molar-refractivity contribution in [3.63, 3.8) is 0 Å². The summed E-state index contributed by atoms with van der Waals surface area (Å²) in [4.78, 5) is 1.20. The Labute approximate surface area is 136 Å². The molecular formula is C18H22ClNS. The van der Waals surface area contributed by atoms with E-state index < -0.39 is 0 Å². The summed E-state index contributed by atoms with van der Waals surface area (Å²) in [6.07, 6.45) is 1.82. The first-order valence-corrected chi connectivity index (χ1v) is 8.67. The molecule has 2 N–H and O–H groups in total. The van der Waals surface area contributed by atoms with Crippen LogP contribution in [0.3, 0.4) is 0 Å². The Morgan fingerprint density at radius 2 is 2.00 bits per heavy atom. The van der Waals surface area contributed by atoms with E-state index in [9.17, 15) is 0 Å². The van der Waals surface area contributed by atoms with Crippen LogP contribution in [0.2, 0.25) is 5.02 Å². The molecule has 2 aromatic rings. The maximum Gasteiger partial charge on any atom is 0.0449 e. The first-order chi connectivity index (χ1) is 10.1. The molecule has 0 saturated heterocycles. The molecule has 2 rings (SSSR count). The minimum absolute atomic E-state index is 0.188. The Morgan fingerprint density at radius 3 is 2.67 bits per heavy atom. The van der Waals surface area contributed by atoms with Crippen molar-refractivity contribution in [2.45, 2.75) is 43.4 Å². The predicted molar refractivity (Wildman–Crippen MR) is 94.2 cm³/mol. The van der Waals surface area contributed by atoms with Crippen molar-refractivity contribution in [1.82, 2.24) is 0 Å². The second-order valence-electron chi connectivity index (χ2n) is 5.40. The zero-order valence-corrected chi connectivity index (χ0v) is 14.2. The molecule has 0 aliphatic rings. The summed E-state index contributed by atoms with van der Waals surface area (Å²) in [6, 6.07) is 15.1. The van der Waals surface area contributed by atoms with Gasteiger partial charge in [-0.05, 0) is 43.0 Å². The fourth-order valence-electron chi connectivity index (χ4n) is 2.18. The second-order valence-corrected chi connectivity index (χ2v) is 6.86. The number of halogens is 1. The van der Waals surface area contributed by atoms with Crippen molar-refractivity contribution in [3.8, 4) is 0 Å². The van der Waals surface area contributed by atoms with Gasteiger partial charge < -0.3 is 5.73 Å². The van der Waals surface area contributed by atoms with E-state index >= 15 is 0 Å². The Kier molecular flexibility index (Phi) is 6.16. The van der Waals surface area contributed by atoms with Gasteiger partial charge in [-0.3, -0.25) is 0 Å². The molecule has 2 aromatic carbocycles. The van der Waals surface area contributed by atoms with E-state index in [1.165, 1.54) is 16.0 Å². The number of hydrogen-bond donors (Lipinski definition) is 1. The fourth-order valence-corrected chi connectivity index (χ4v) is 3.38. The van der Waals surface area contributed by atoms with Crippen molar-refractivity contribution >= 4 is 23.4 Å². The highest BCUT2D eigenvalue weighted by Gasteiger charge is 2.07. The number of hydrogen-bond acceptors (Lipinski definition) is 2. The van der Waals surface area contributed by atoms with Gasteiger partial charge in [-0.25, -0.2) is 0 Å². The summed E-state index contributed by atoms with van der Waals surface area (Å²) in [5.41, 5.74) is 9.78. The van der Waals surface area contributed by atoms with E-state index in [0.29, 0.717) is 0 Å². The second kappa shape index (κ2) is 7.88. The van der Waals surface area contributed by atoms with E-state index in [4.69, 9.17) is 17.3 Å². The van der Waals surface area contributed by atoms with Gasteiger partial charge in [-0.1, -0.05) is 54.4 Å². The topological polar surface area (TPSA) is 26.0 Å². The highest BCUT2D eigenvalue weighted by molar-refractivity contribution is 7.98. The van der Waals surface area contributed by atoms with Gasteiger partial charge in [-0.15, -0.1) is 11.8 Å². The molecule has 0 bridgehead atoms. The molecule has 1 unspecified atom stereocenters. The van der Waals surface area contributed by atoms with Gasteiger partial charge in [0.1, 0.15) is 0 Å². The predicted octanol–water partition coefficient (Wildman–Crippen LogP) is 5.22. The monoisotopic (exact) mass is 319 g/mol. The largest absolute Gasteiger partial charge is 0.327 e. The highest BCUT2D eigenvalue weighted by Crippen LogP contribution is 2.28. The van der Waals surface area contributed by atoms with Crippen LogP contribution >= 0.6 is 23.4 Å². The van der Waals surface area contributed by atoms with Crippen LogP contribution in [0.1, 0.15) is 30.0 Å². The summed E-state index contributed by atoms with van der Waals surface area (Å²) in [7, 11) is 0. The SMILES string of the molecule is CCC(N)Cc1ccc(SCc2cccc(C)c2)cc1Cl. The molecule has 0 heterocycles. The number of thioether (sulfide) groups is 1. The van der Waals surface area contributed by atoms with E-state index in [-0.39, 0.29) is 6.04 Å². The van der Waals surface area contributed by atoms with Gasteiger partial charge >= 0.3 is 0 Å². The average molecular weight is 320 g/mol. The van der Waals surface area contributed by atoms with Crippen LogP contribution in [0, 0.1) is 6.92 Å². The molecule has 112 valence electrons. The van der Waals surface area contributed by atoms with Crippen molar-refractivity contribution in [2.75, 3.05) is 0 Å². The molecule has 0 aliphatic heterocycles. The van der Waals surface area contributed by atoms with Crippen molar-refractivity contribution in [1.29, 1.82) is 0 Å². The molecule has 0 amide bonds. The highest BCUT2D eigenvalue weighted by atomic mass is 35.5. The van der Waals surface area contributed by atoms with E-state index in [1.807, 2.05) is 11.8 Å². The van der Waals surface area contributed by atoms with Crippen LogP contribution in [0.5, 0.6) is 0 Å². The van der Waals surface area contributed by atoms with E-state index in [0.717, 1.165) is 29.2 Å². The molecule has 0 fully saturated rings. The summed E-state index contributed by atoms with van der Waals surface area (Å²) in [5.74, 6) is 0.964. The van der Waals surface area contributed by atoms with Crippen molar-refractivity contribution in [3.05, 3.63) is 64.2 Å². The normalized spacial score (nSPS) is 12.4. The smallest absolute Gasteiger partial charge is 0.0449 e. The Bertz CT molecular complexity index is 598. The zero-order valence-electron chi connectivity index (χ0n) is 12.6. The van der Waals surface area contributed by atoms with Gasteiger partial charge in [0.05, 0.1) is 0 Å². The van der Waals surface area contributed by atoms with Crippen molar-refractivity contribution < 1.29 is 0 Å². The number of rotatable bonds is 6. The maximum atomic E-state index is 6.37. The van der Waals surface area contributed by atoms with Crippen molar-refractivity contribution in [2.24, 2.45) is 5.73 Å². The minimum Gasteiger partial charge on any atom is -0.327 e. The van der Waals surface area contributed by atoms with Gasteiger partial charge in [-0.2, -0.15) is 0 Å². The molecule has 1 atom stereocenters. The molecule has 0 spiro atoms. The zero-order chi connectivity index (χ0) is 15.2. The number of benzene rings is 2. The molecule has 0 aromatic heterocycles. The van der Waals surface area contributed by atoms with Gasteiger partial charge in [0, 0.05) is 21.7 Å². The molecular weight excluding hydrogens is 298 g/mol. The molecule has 21 heavy (non-hydrogen) atoms. The maximum absolute atomic E-state index is 6.37. The molecule has 0 saturated carbocycles. The number of aryl methyl sites for hydroxylation is 1. The summed E-state index contributed by atoms with van der Waals surface area (Å²) in [5, 5.41) is 0.827. The number of nitrogens with two attached hydrogens (primary N) is 1. The minimum atomic E-state index is 0.188. The lowest BCUT2D eigenvalue weighted by atomic mass is 10.1. The third-order valence-corrected chi connectivity index (χ3v) is 4.94. The summed E-state index contributed by atoms with van der Waals surface area (Å²) >= 11 is 8.18. The van der Waals surface area contributed by atoms with Crippen LogP contribution in [0.15, 0.2) is 47.4 Å². The molecule has 3 heteroatoms. The lowest BCUT2D eigenvalue weighted by Gasteiger charge is -2.11. The van der Waals surface area contributed by atoms with Gasteiger partial charge in [0.2, 0.25) is 0 Å². The van der Waals surface area contributed by atoms with Gasteiger partial charge in [0.25, 0.3) is 0 Å². The molecule has 0 aliphatic carbocycles. The summed E-state index contributed by atoms with van der Waals surface area (Å²) in [6.45, 7) is 4.22. The first-order valence-electron chi connectivity index (χ1n) is 7.31. The quantitative estimate of drug-likeness (QED) is 0.739. The first kappa shape index (κ1) is 16.4. The third kappa shape index (κ3) is 5.06. The van der Waals surface area contributed by atoms with Crippen LogP contribution in [0.25, 0.3) is 0 Å². The Morgan fingerprint density at radius 1 is 1.19 bits per heavy atom. The summed E-state index contributed by atoms with van der Waals surface area (Å²) < 4.78 is 0. The Balaban J connectivity index is 2.00. The standard InChI is InChI=1S/C18H22ClNS/c1-3-16(20)10-15-7-8-17(11-18(15)19)21-12-14-6-4-5-13(2)9-14/h4-9,11,16H,3,10,12,20H2,1-2H3. The lowest BCUT2D eigenvalue weighted by Crippen LogP contribution is -2.21. The molecule has 0 radical (unpaired) electrons. The van der Waals surface area contributed by atoms with E-state index in [1.54, 1.807) is 0 Å². The van der Waals surface area contributed by atoms with Gasteiger partial charge in [0.15, 0.2) is 0 Å². The molecule has 1 nitrogen and oxygen atoms in total. The van der Waals surface area contributed by atoms with Crippen LogP contribution < -0.4 is 5.73 Å². The van der Waals surface area contributed by atoms with Crippen LogP contribution in [-0.4, -0.2) is 6.04 Å². The van der Waals surface area contributed by atoms with Crippen LogP contribution in [0.4, 0.5) is 0 Å². The fraction of sp³-hybridized carbons (Fsp3) is 0.333. The average Bonchev–Trinajstić information content (AvgIpc) is 2.47.